The summed E-state index contributed by atoms with van der Waals surface area (Å²) < 4.78 is 5.53. The van der Waals surface area contributed by atoms with Crippen molar-refractivity contribution in [3.63, 3.8) is 0 Å². The van der Waals surface area contributed by atoms with E-state index < -0.39 is 0 Å². The van der Waals surface area contributed by atoms with Crippen molar-refractivity contribution in [3.8, 4) is 0 Å². The SMILES string of the molecule is CC(C)(C)[SiH2]OCCCCO. The van der Waals surface area contributed by atoms with Crippen molar-refractivity contribution in [2.45, 2.75) is 38.7 Å². The predicted octanol–water partition coefficient (Wildman–Crippen LogP) is 1.08. The highest BCUT2D eigenvalue weighted by Crippen LogP contribution is 2.19. The van der Waals surface area contributed by atoms with Crippen molar-refractivity contribution < 1.29 is 9.53 Å². The molecule has 0 aromatic heterocycles. The van der Waals surface area contributed by atoms with Crippen molar-refractivity contribution in [2.75, 3.05) is 13.2 Å². The molecule has 68 valence electrons. The maximum atomic E-state index is 8.48. The van der Waals surface area contributed by atoms with Crippen molar-refractivity contribution in [1.82, 2.24) is 0 Å². The number of unbranched alkanes of at least 4 members (excludes halogenated alkanes) is 1. The highest BCUT2D eigenvalue weighted by atomic mass is 28.2. The van der Waals surface area contributed by atoms with E-state index in [1.807, 2.05) is 0 Å². The molecular formula is C8H20O2Si. The van der Waals surface area contributed by atoms with Crippen LogP contribution in [-0.4, -0.2) is 28.1 Å². The van der Waals surface area contributed by atoms with Gasteiger partial charge in [-0.1, -0.05) is 20.8 Å². The smallest absolute Gasteiger partial charge is 0.166 e. The molecule has 0 bridgehead atoms. The third kappa shape index (κ3) is 10.1. The summed E-state index contributed by atoms with van der Waals surface area (Å²) in [6.45, 7) is 7.77. The van der Waals surface area contributed by atoms with Crippen LogP contribution in [0.2, 0.25) is 5.04 Å². The fraction of sp³-hybridized carbons (Fsp3) is 1.00. The van der Waals surface area contributed by atoms with Crippen LogP contribution < -0.4 is 0 Å². The van der Waals surface area contributed by atoms with Gasteiger partial charge in [-0.3, -0.25) is 0 Å². The van der Waals surface area contributed by atoms with Gasteiger partial charge in [-0.05, 0) is 17.9 Å². The van der Waals surface area contributed by atoms with E-state index in [0.29, 0.717) is 11.6 Å². The Hall–Kier alpha value is 0.137. The van der Waals surface area contributed by atoms with Gasteiger partial charge in [0.25, 0.3) is 0 Å². The van der Waals surface area contributed by atoms with Crippen molar-refractivity contribution in [3.05, 3.63) is 0 Å². The summed E-state index contributed by atoms with van der Waals surface area (Å²) in [5.41, 5.74) is 0. The number of aliphatic hydroxyl groups is 1. The second-order valence-corrected chi connectivity index (χ2v) is 6.86. The topological polar surface area (TPSA) is 29.5 Å². The summed E-state index contributed by atoms with van der Waals surface area (Å²) in [6.07, 6.45) is 1.87. The largest absolute Gasteiger partial charge is 0.423 e. The summed E-state index contributed by atoms with van der Waals surface area (Å²) in [4.78, 5) is 0. The molecule has 11 heavy (non-hydrogen) atoms. The van der Waals surface area contributed by atoms with Gasteiger partial charge in [0.15, 0.2) is 9.76 Å². The molecular weight excluding hydrogens is 156 g/mol. The second-order valence-electron chi connectivity index (χ2n) is 4.04. The predicted molar refractivity (Wildman–Crippen MR) is 50.5 cm³/mol. The summed E-state index contributed by atoms with van der Waals surface area (Å²) >= 11 is 0. The maximum absolute atomic E-state index is 8.48. The first kappa shape index (κ1) is 11.1. The van der Waals surface area contributed by atoms with E-state index >= 15 is 0 Å². The van der Waals surface area contributed by atoms with E-state index in [1.54, 1.807) is 0 Å². The van der Waals surface area contributed by atoms with Gasteiger partial charge >= 0.3 is 0 Å². The number of hydrogen-bond acceptors (Lipinski definition) is 2. The third-order valence-electron chi connectivity index (χ3n) is 1.23. The number of hydrogen-bond donors (Lipinski definition) is 1. The standard InChI is InChI=1S/C8H20O2Si/c1-8(2,3)11-10-7-5-4-6-9/h9H,4-7,11H2,1-3H3. The van der Waals surface area contributed by atoms with E-state index in [0.717, 1.165) is 19.4 Å². The van der Waals surface area contributed by atoms with Gasteiger partial charge in [0.2, 0.25) is 0 Å². The molecule has 3 heteroatoms. The summed E-state index contributed by atoms with van der Waals surface area (Å²) in [6, 6.07) is 0. The lowest BCUT2D eigenvalue weighted by Gasteiger charge is -2.16. The Labute approximate surface area is 71.9 Å². The van der Waals surface area contributed by atoms with E-state index in [-0.39, 0.29) is 9.76 Å². The lowest BCUT2D eigenvalue weighted by Crippen LogP contribution is -2.13. The molecule has 0 aliphatic rings. The van der Waals surface area contributed by atoms with E-state index in [2.05, 4.69) is 20.8 Å². The molecule has 2 nitrogen and oxygen atoms in total. The first-order valence-corrected chi connectivity index (χ1v) is 5.53. The molecule has 0 unspecified atom stereocenters. The first-order valence-electron chi connectivity index (χ1n) is 4.25. The summed E-state index contributed by atoms with van der Waals surface area (Å²) in [5, 5.41) is 8.88. The van der Waals surface area contributed by atoms with Crippen LogP contribution in [0.15, 0.2) is 0 Å². The molecule has 0 aromatic carbocycles. The highest BCUT2D eigenvalue weighted by molar-refractivity contribution is 6.31. The molecule has 0 rings (SSSR count). The molecule has 0 aliphatic heterocycles. The molecule has 0 saturated carbocycles. The fourth-order valence-electron chi connectivity index (χ4n) is 0.694. The molecule has 0 radical (unpaired) electrons. The molecule has 0 aromatic rings. The Morgan fingerprint density at radius 1 is 1.27 bits per heavy atom. The van der Waals surface area contributed by atoms with Crippen LogP contribution in [0.3, 0.4) is 0 Å². The van der Waals surface area contributed by atoms with Gasteiger partial charge in [-0.15, -0.1) is 0 Å². The van der Waals surface area contributed by atoms with Crippen LogP contribution in [0.1, 0.15) is 33.6 Å². The minimum absolute atomic E-state index is 0.292. The summed E-state index contributed by atoms with van der Waals surface area (Å²) in [7, 11) is -0.360. The van der Waals surface area contributed by atoms with Crippen LogP contribution in [0, 0.1) is 0 Å². The zero-order valence-corrected chi connectivity index (χ0v) is 9.31. The van der Waals surface area contributed by atoms with Crippen molar-refractivity contribution in [1.29, 1.82) is 0 Å². The molecule has 0 aliphatic carbocycles. The lowest BCUT2D eigenvalue weighted by molar-refractivity contribution is 0.254. The van der Waals surface area contributed by atoms with Gasteiger partial charge in [0.1, 0.15) is 0 Å². The Balaban J connectivity index is 3.02. The minimum atomic E-state index is -0.360. The average molecular weight is 176 g/mol. The van der Waals surface area contributed by atoms with Gasteiger partial charge in [0, 0.05) is 13.2 Å². The highest BCUT2D eigenvalue weighted by Gasteiger charge is 2.10. The van der Waals surface area contributed by atoms with Crippen molar-refractivity contribution in [2.24, 2.45) is 0 Å². The molecule has 0 amide bonds. The van der Waals surface area contributed by atoms with Crippen molar-refractivity contribution >= 4 is 9.76 Å². The van der Waals surface area contributed by atoms with Crippen LogP contribution in [0.4, 0.5) is 0 Å². The van der Waals surface area contributed by atoms with E-state index in [4.69, 9.17) is 9.53 Å². The average Bonchev–Trinajstić information content (AvgIpc) is 1.85. The van der Waals surface area contributed by atoms with Crippen LogP contribution in [0.25, 0.3) is 0 Å². The van der Waals surface area contributed by atoms with E-state index in [9.17, 15) is 0 Å². The minimum Gasteiger partial charge on any atom is -0.423 e. The Kier molecular flexibility index (Phi) is 5.82. The second kappa shape index (κ2) is 5.74. The normalized spacial score (nSPS) is 13.1. The lowest BCUT2D eigenvalue weighted by atomic mass is 10.3. The van der Waals surface area contributed by atoms with Crippen LogP contribution >= 0.6 is 0 Å². The maximum Gasteiger partial charge on any atom is 0.166 e. The van der Waals surface area contributed by atoms with E-state index in [1.165, 1.54) is 0 Å². The molecule has 0 spiro atoms. The van der Waals surface area contributed by atoms with Crippen LogP contribution in [0.5, 0.6) is 0 Å². The monoisotopic (exact) mass is 176 g/mol. The fourth-order valence-corrected chi connectivity index (χ4v) is 1.66. The van der Waals surface area contributed by atoms with Crippen LogP contribution in [-0.2, 0) is 4.43 Å². The third-order valence-corrected chi connectivity index (χ3v) is 2.59. The zero-order valence-electron chi connectivity index (χ0n) is 7.89. The molecule has 0 fully saturated rings. The van der Waals surface area contributed by atoms with Gasteiger partial charge in [-0.2, -0.15) is 0 Å². The number of rotatable bonds is 5. The molecule has 0 heterocycles. The van der Waals surface area contributed by atoms with Gasteiger partial charge in [-0.25, -0.2) is 0 Å². The van der Waals surface area contributed by atoms with Gasteiger partial charge < -0.3 is 9.53 Å². The molecule has 1 N–H and O–H groups in total. The Morgan fingerprint density at radius 3 is 2.36 bits per heavy atom. The quantitative estimate of drug-likeness (QED) is 0.502. The molecule has 0 saturated heterocycles. The Morgan fingerprint density at radius 2 is 1.91 bits per heavy atom. The Bertz CT molecular complexity index is 88.6. The van der Waals surface area contributed by atoms with Gasteiger partial charge in [0.05, 0.1) is 0 Å². The molecule has 0 atom stereocenters. The number of aliphatic hydroxyl groups excluding tert-OH is 1. The first-order chi connectivity index (χ1) is 5.06. The summed E-state index contributed by atoms with van der Waals surface area (Å²) in [5.74, 6) is 0. The zero-order chi connectivity index (χ0) is 8.74.